The van der Waals surface area contributed by atoms with Gasteiger partial charge in [-0.05, 0) is 50.1 Å². The van der Waals surface area contributed by atoms with E-state index < -0.39 is 0 Å². The Kier molecular flexibility index (Phi) is 4.72. The van der Waals surface area contributed by atoms with Crippen molar-refractivity contribution in [3.05, 3.63) is 47.5 Å². The zero-order valence-corrected chi connectivity index (χ0v) is 19.1. The van der Waals surface area contributed by atoms with Gasteiger partial charge in [-0.2, -0.15) is 0 Å². The molecule has 4 heteroatoms. The van der Waals surface area contributed by atoms with E-state index in [-0.39, 0.29) is 16.7 Å². The molecule has 0 bridgehead atoms. The smallest absolute Gasteiger partial charge is 0.157 e. The highest BCUT2D eigenvalue weighted by Crippen LogP contribution is 2.49. The number of ketones is 1. The van der Waals surface area contributed by atoms with Crippen molar-refractivity contribution in [2.24, 2.45) is 5.41 Å². The first-order chi connectivity index (χ1) is 14.0. The highest BCUT2D eigenvalue weighted by atomic mass is 16.5. The lowest BCUT2D eigenvalue weighted by molar-refractivity contribution is -0.125. The Morgan fingerprint density at radius 3 is 2.57 bits per heavy atom. The van der Waals surface area contributed by atoms with Crippen LogP contribution in [0.25, 0.3) is 16.7 Å². The first kappa shape index (κ1) is 20.5. The fraction of sp³-hybridized carbons (Fsp3) is 0.423. The molecule has 0 spiro atoms. The molecule has 0 N–H and O–H groups in total. The number of hydrogen-bond donors (Lipinski definition) is 0. The fourth-order valence-corrected chi connectivity index (χ4v) is 4.56. The van der Waals surface area contributed by atoms with Gasteiger partial charge in [0, 0.05) is 22.2 Å². The summed E-state index contributed by atoms with van der Waals surface area (Å²) >= 11 is 0. The van der Waals surface area contributed by atoms with Gasteiger partial charge in [-0.15, -0.1) is 0 Å². The standard InChI is InChI=1S/C26H31NO3/c1-16-13-26(5,6)27(14-22(28)25(2,3)4)19-12-11-17-18(23(16)19)15-30-21-10-8-9-20(29-7)24(17)21/h8-13H,14-15H2,1-7H3. The molecule has 0 unspecified atom stereocenters. The molecule has 0 amide bonds. The van der Waals surface area contributed by atoms with Gasteiger partial charge in [0.05, 0.1) is 24.8 Å². The number of rotatable bonds is 3. The molecule has 4 rings (SSSR count). The predicted molar refractivity (Wildman–Crippen MR) is 122 cm³/mol. The third kappa shape index (κ3) is 3.19. The van der Waals surface area contributed by atoms with Crippen molar-refractivity contribution < 1.29 is 14.3 Å². The number of fused-ring (bicyclic) bond motifs is 5. The van der Waals surface area contributed by atoms with Gasteiger partial charge in [-0.3, -0.25) is 4.79 Å². The van der Waals surface area contributed by atoms with Crippen molar-refractivity contribution in [2.75, 3.05) is 18.6 Å². The fourth-order valence-electron chi connectivity index (χ4n) is 4.56. The first-order valence-corrected chi connectivity index (χ1v) is 10.5. The van der Waals surface area contributed by atoms with E-state index in [4.69, 9.17) is 9.47 Å². The molecule has 2 aromatic carbocycles. The summed E-state index contributed by atoms with van der Waals surface area (Å²) in [6.07, 6.45) is 2.27. The number of anilines is 1. The van der Waals surface area contributed by atoms with Crippen LogP contribution < -0.4 is 14.4 Å². The minimum Gasteiger partial charge on any atom is -0.496 e. The molecule has 2 aliphatic heterocycles. The van der Waals surface area contributed by atoms with Gasteiger partial charge in [0.1, 0.15) is 18.1 Å². The monoisotopic (exact) mass is 405 g/mol. The highest BCUT2D eigenvalue weighted by Gasteiger charge is 2.37. The molecule has 4 nitrogen and oxygen atoms in total. The van der Waals surface area contributed by atoms with Crippen LogP contribution in [-0.2, 0) is 11.4 Å². The maximum atomic E-state index is 12.9. The van der Waals surface area contributed by atoms with Crippen molar-refractivity contribution in [1.29, 1.82) is 0 Å². The van der Waals surface area contributed by atoms with Gasteiger partial charge in [0.15, 0.2) is 5.78 Å². The van der Waals surface area contributed by atoms with E-state index in [2.05, 4.69) is 43.9 Å². The van der Waals surface area contributed by atoms with Crippen molar-refractivity contribution in [3.63, 3.8) is 0 Å². The zero-order chi connectivity index (χ0) is 21.8. The molecule has 0 aromatic heterocycles. The third-order valence-electron chi connectivity index (χ3n) is 6.23. The van der Waals surface area contributed by atoms with E-state index in [1.165, 1.54) is 11.1 Å². The van der Waals surface area contributed by atoms with Crippen molar-refractivity contribution >= 4 is 17.0 Å². The number of carbonyl (C=O) groups excluding carboxylic acids is 1. The molecular formula is C26H31NO3. The Bertz CT molecular complexity index is 1040. The van der Waals surface area contributed by atoms with Crippen LogP contribution in [0.2, 0.25) is 0 Å². The highest BCUT2D eigenvalue weighted by molar-refractivity contribution is 5.94. The normalized spacial score (nSPS) is 16.6. The number of methoxy groups -OCH3 is 1. The number of ether oxygens (including phenoxy) is 2. The summed E-state index contributed by atoms with van der Waals surface area (Å²) < 4.78 is 11.8. The zero-order valence-electron chi connectivity index (χ0n) is 19.1. The van der Waals surface area contributed by atoms with Crippen molar-refractivity contribution in [2.45, 2.75) is 53.7 Å². The summed E-state index contributed by atoms with van der Waals surface area (Å²) in [6.45, 7) is 13.3. The van der Waals surface area contributed by atoms with Crippen LogP contribution in [-0.4, -0.2) is 25.0 Å². The predicted octanol–water partition coefficient (Wildman–Crippen LogP) is 5.87. The van der Waals surface area contributed by atoms with Crippen LogP contribution in [0.5, 0.6) is 11.5 Å². The lowest BCUT2D eigenvalue weighted by Crippen LogP contribution is -2.49. The topological polar surface area (TPSA) is 38.8 Å². The van der Waals surface area contributed by atoms with Crippen molar-refractivity contribution in [1.82, 2.24) is 0 Å². The van der Waals surface area contributed by atoms with Crippen molar-refractivity contribution in [3.8, 4) is 22.6 Å². The number of Topliss-reactive ketones (excluding diaryl/α,β-unsaturated/α-hetero) is 1. The molecule has 0 atom stereocenters. The number of allylic oxidation sites excluding steroid dienone is 1. The van der Waals surface area contributed by atoms with E-state index in [1.54, 1.807) is 7.11 Å². The molecule has 158 valence electrons. The minimum atomic E-state index is -0.379. The second-order valence-electron chi connectivity index (χ2n) is 9.85. The number of carbonyl (C=O) groups is 1. The number of benzene rings is 2. The number of hydrogen-bond acceptors (Lipinski definition) is 4. The molecular weight excluding hydrogens is 374 g/mol. The van der Waals surface area contributed by atoms with Crippen LogP contribution in [0, 0.1) is 5.41 Å². The summed E-state index contributed by atoms with van der Waals surface area (Å²) in [4.78, 5) is 15.2. The Morgan fingerprint density at radius 1 is 1.17 bits per heavy atom. The summed E-state index contributed by atoms with van der Waals surface area (Å²) in [7, 11) is 1.69. The van der Waals surface area contributed by atoms with Gasteiger partial charge in [0.2, 0.25) is 0 Å². The van der Waals surface area contributed by atoms with Gasteiger partial charge in [-0.1, -0.05) is 39.0 Å². The molecule has 0 radical (unpaired) electrons. The average molecular weight is 406 g/mol. The molecule has 2 heterocycles. The van der Waals surface area contributed by atoms with Crippen LogP contribution in [0.4, 0.5) is 5.69 Å². The second kappa shape index (κ2) is 6.90. The third-order valence-corrected chi connectivity index (χ3v) is 6.23. The lowest BCUT2D eigenvalue weighted by Gasteiger charge is -2.45. The maximum Gasteiger partial charge on any atom is 0.157 e. The number of nitrogens with zero attached hydrogens (tertiary/aromatic N) is 1. The maximum absolute atomic E-state index is 12.9. The van der Waals surface area contributed by atoms with E-state index >= 15 is 0 Å². The lowest BCUT2D eigenvalue weighted by atomic mass is 9.81. The van der Waals surface area contributed by atoms with E-state index in [0.29, 0.717) is 13.2 Å². The molecule has 0 fully saturated rings. The summed E-state index contributed by atoms with van der Waals surface area (Å²) in [5, 5.41) is 0. The van der Waals surface area contributed by atoms with Gasteiger partial charge in [-0.25, -0.2) is 0 Å². The Morgan fingerprint density at radius 2 is 1.90 bits per heavy atom. The summed E-state index contributed by atoms with van der Waals surface area (Å²) in [5.41, 5.74) is 6.15. The first-order valence-electron chi connectivity index (χ1n) is 10.5. The Labute approximate surface area is 179 Å². The van der Waals surface area contributed by atoms with E-state index in [0.717, 1.165) is 33.9 Å². The van der Waals surface area contributed by atoms with Crippen LogP contribution in [0.1, 0.15) is 52.7 Å². The van der Waals surface area contributed by atoms with Crippen LogP contribution in [0.15, 0.2) is 36.4 Å². The quantitative estimate of drug-likeness (QED) is 0.640. The molecule has 2 aliphatic rings. The molecule has 0 saturated carbocycles. The summed E-state index contributed by atoms with van der Waals surface area (Å²) in [6, 6.07) is 10.2. The second-order valence-corrected chi connectivity index (χ2v) is 9.85. The SMILES string of the molecule is COc1cccc2c1-c1ccc3c(c1CO2)C(C)=CC(C)(C)N3CC(=O)C(C)(C)C. The Hall–Kier alpha value is -2.75. The molecule has 0 saturated heterocycles. The van der Waals surface area contributed by atoms with Gasteiger partial charge < -0.3 is 14.4 Å². The largest absolute Gasteiger partial charge is 0.496 e. The molecule has 2 aromatic rings. The van der Waals surface area contributed by atoms with Gasteiger partial charge in [0.25, 0.3) is 0 Å². The van der Waals surface area contributed by atoms with Crippen LogP contribution in [0.3, 0.4) is 0 Å². The van der Waals surface area contributed by atoms with Crippen LogP contribution >= 0.6 is 0 Å². The van der Waals surface area contributed by atoms with Gasteiger partial charge >= 0.3 is 0 Å². The molecule has 30 heavy (non-hydrogen) atoms. The van der Waals surface area contributed by atoms with E-state index in [9.17, 15) is 4.79 Å². The summed E-state index contributed by atoms with van der Waals surface area (Å²) in [5.74, 6) is 1.89. The Balaban J connectivity index is 1.90. The van der Waals surface area contributed by atoms with E-state index in [1.807, 2.05) is 39.0 Å². The minimum absolute atomic E-state index is 0.232. The average Bonchev–Trinajstić information content (AvgIpc) is 2.68. The molecule has 0 aliphatic carbocycles.